The number of hydrogen-bond acceptors (Lipinski definition) is 4. The highest BCUT2D eigenvalue weighted by Crippen LogP contribution is 2.17. The minimum absolute atomic E-state index is 0.323. The summed E-state index contributed by atoms with van der Waals surface area (Å²) in [5.74, 6) is -0.482. The van der Waals surface area contributed by atoms with Crippen molar-refractivity contribution >= 4 is 11.6 Å². The minimum atomic E-state index is -0.482. The zero-order valence-corrected chi connectivity index (χ0v) is 12.5. The first-order valence-corrected chi connectivity index (χ1v) is 7.49. The van der Waals surface area contributed by atoms with Crippen LogP contribution in [0.25, 0.3) is 0 Å². The molecule has 0 atom stereocenters. The first kappa shape index (κ1) is 14.5. The molecule has 1 aliphatic heterocycles. The molecule has 114 valence electrons. The van der Waals surface area contributed by atoms with Gasteiger partial charge in [0.2, 0.25) is 0 Å². The highest BCUT2D eigenvalue weighted by molar-refractivity contribution is 5.91. The number of amides is 1. The van der Waals surface area contributed by atoms with Gasteiger partial charge >= 0.3 is 0 Å². The molecule has 0 spiro atoms. The Morgan fingerprint density at radius 1 is 1.09 bits per heavy atom. The molecule has 0 unspecified atom stereocenters. The monoisotopic (exact) mass is 296 g/mol. The Hall–Kier alpha value is -2.40. The third-order valence-electron chi connectivity index (χ3n) is 3.98. The van der Waals surface area contributed by atoms with Crippen molar-refractivity contribution in [2.75, 3.05) is 31.1 Å². The van der Waals surface area contributed by atoms with Gasteiger partial charge in [0.05, 0.1) is 0 Å². The van der Waals surface area contributed by atoms with E-state index in [4.69, 9.17) is 5.73 Å². The smallest absolute Gasteiger partial charge is 0.267 e. The van der Waals surface area contributed by atoms with E-state index in [1.54, 1.807) is 12.3 Å². The maximum atomic E-state index is 11.2. The maximum absolute atomic E-state index is 11.2. The van der Waals surface area contributed by atoms with Gasteiger partial charge < -0.3 is 10.6 Å². The summed E-state index contributed by atoms with van der Waals surface area (Å²) >= 11 is 0. The number of carbonyl (C=O) groups excluding carboxylic acids is 1. The highest BCUT2D eigenvalue weighted by atomic mass is 16.1. The van der Waals surface area contributed by atoms with Gasteiger partial charge in [0, 0.05) is 44.6 Å². The van der Waals surface area contributed by atoms with Gasteiger partial charge in [-0.1, -0.05) is 30.3 Å². The van der Waals surface area contributed by atoms with Crippen molar-refractivity contribution in [3.63, 3.8) is 0 Å². The van der Waals surface area contributed by atoms with Gasteiger partial charge in [0.15, 0.2) is 0 Å². The molecule has 1 aliphatic rings. The summed E-state index contributed by atoms with van der Waals surface area (Å²) in [7, 11) is 0. The molecule has 0 radical (unpaired) electrons. The normalized spacial score (nSPS) is 15.7. The molecule has 1 amide bonds. The van der Waals surface area contributed by atoms with Crippen LogP contribution in [0.5, 0.6) is 0 Å². The van der Waals surface area contributed by atoms with E-state index >= 15 is 0 Å². The molecule has 2 N–H and O–H groups in total. The Kier molecular flexibility index (Phi) is 4.34. The zero-order chi connectivity index (χ0) is 15.4. The Labute approximate surface area is 130 Å². The maximum Gasteiger partial charge on any atom is 0.267 e. The number of carbonyl (C=O) groups is 1. The predicted molar refractivity (Wildman–Crippen MR) is 86.7 cm³/mol. The van der Waals surface area contributed by atoms with Crippen molar-refractivity contribution in [2.45, 2.75) is 6.54 Å². The molecule has 5 nitrogen and oxygen atoms in total. The molecule has 22 heavy (non-hydrogen) atoms. The van der Waals surface area contributed by atoms with Crippen LogP contribution in [-0.4, -0.2) is 42.0 Å². The second kappa shape index (κ2) is 6.58. The van der Waals surface area contributed by atoms with Crippen molar-refractivity contribution < 1.29 is 4.79 Å². The number of benzene rings is 1. The van der Waals surface area contributed by atoms with Crippen molar-refractivity contribution in [1.29, 1.82) is 0 Å². The SMILES string of the molecule is NC(=O)c1cc(N2CCN(Cc3ccccc3)CC2)ccn1. The molecule has 2 heterocycles. The van der Waals surface area contributed by atoms with Crippen LogP contribution in [0.15, 0.2) is 48.7 Å². The van der Waals surface area contributed by atoms with Gasteiger partial charge in [0.1, 0.15) is 5.69 Å². The quantitative estimate of drug-likeness (QED) is 0.929. The third kappa shape index (κ3) is 3.43. The minimum Gasteiger partial charge on any atom is -0.369 e. The van der Waals surface area contributed by atoms with Crippen LogP contribution < -0.4 is 10.6 Å². The summed E-state index contributed by atoms with van der Waals surface area (Å²) < 4.78 is 0. The van der Waals surface area contributed by atoms with Crippen LogP contribution in [-0.2, 0) is 6.54 Å². The van der Waals surface area contributed by atoms with E-state index in [-0.39, 0.29) is 0 Å². The van der Waals surface area contributed by atoms with Crippen LogP contribution in [0.2, 0.25) is 0 Å². The summed E-state index contributed by atoms with van der Waals surface area (Å²) in [4.78, 5) is 19.9. The molecule has 3 rings (SSSR count). The Bertz CT molecular complexity index is 636. The van der Waals surface area contributed by atoms with Gasteiger partial charge in [-0.25, -0.2) is 0 Å². The summed E-state index contributed by atoms with van der Waals surface area (Å²) in [6, 6.07) is 14.2. The molecule has 1 aromatic carbocycles. The largest absolute Gasteiger partial charge is 0.369 e. The third-order valence-corrected chi connectivity index (χ3v) is 3.98. The van der Waals surface area contributed by atoms with Crippen LogP contribution in [0.3, 0.4) is 0 Å². The molecule has 2 aromatic rings. The van der Waals surface area contributed by atoms with E-state index in [1.807, 2.05) is 12.1 Å². The number of pyridine rings is 1. The Morgan fingerprint density at radius 3 is 2.50 bits per heavy atom. The molecule has 1 aromatic heterocycles. The molecule has 5 heteroatoms. The lowest BCUT2D eigenvalue weighted by Gasteiger charge is -2.36. The van der Waals surface area contributed by atoms with Crippen LogP contribution >= 0.6 is 0 Å². The predicted octanol–water partition coefficient (Wildman–Crippen LogP) is 1.50. The first-order valence-electron chi connectivity index (χ1n) is 7.49. The molecule has 0 saturated carbocycles. The number of piperazine rings is 1. The summed E-state index contributed by atoms with van der Waals surface area (Å²) in [5.41, 5.74) is 7.98. The van der Waals surface area contributed by atoms with E-state index in [0.29, 0.717) is 5.69 Å². The molecule has 0 aliphatic carbocycles. The van der Waals surface area contributed by atoms with Gasteiger partial charge in [-0.15, -0.1) is 0 Å². The summed E-state index contributed by atoms with van der Waals surface area (Å²) in [6.07, 6.45) is 1.64. The lowest BCUT2D eigenvalue weighted by Crippen LogP contribution is -2.46. The standard InChI is InChI=1S/C17H20N4O/c18-17(22)16-12-15(6-7-19-16)21-10-8-20(9-11-21)13-14-4-2-1-3-5-14/h1-7,12H,8-11,13H2,(H2,18,22). The van der Waals surface area contributed by atoms with Gasteiger partial charge in [0.25, 0.3) is 5.91 Å². The summed E-state index contributed by atoms with van der Waals surface area (Å²) in [6.45, 7) is 4.87. The Morgan fingerprint density at radius 2 is 1.82 bits per heavy atom. The van der Waals surface area contributed by atoms with E-state index in [9.17, 15) is 4.79 Å². The van der Waals surface area contributed by atoms with Crippen molar-refractivity contribution in [1.82, 2.24) is 9.88 Å². The number of nitrogens with zero attached hydrogens (tertiary/aromatic N) is 3. The number of hydrogen-bond donors (Lipinski definition) is 1. The molecule has 1 saturated heterocycles. The topological polar surface area (TPSA) is 62.5 Å². The first-order chi connectivity index (χ1) is 10.7. The lowest BCUT2D eigenvalue weighted by molar-refractivity contribution is 0.0995. The highest BCUT2D eigenvalue weighted by Gasteiger charge is 2.18. The van der Waals surface area contributed by atoms with Gasteiger partial charge in [-0.3, -0.25) is 14.7 Å². The second-order valence-electron chi connectivity index (χ2n) is 5.51. The average Bonchev–Trinajstić information content (AvgIpc) is 2.56. The number of aromatic nitrogens is 1. The fraction of sp³-hybridized carbons (Fsp3) is 0.294. The Balaban J connectivity index is 1.60. The van der Waals surface area contributed by atoms with Gasteiger partial charge in [-0.05, 0) is 17.7 Å². The van der Waals surface area contributed by atoms with Crippen molar-refractivity contribution in [2.24, 2.45) is 5.73 Å². The molecule has 0 bridgehead atoms. The number of rotatable bonds is 4. The zero-order valence-electron chi connectivity index (χ0n) is 12.5. The number of anilines is 1. The van der Waals surface area contributed by atoms with Crippen LogP contribution in [0.4, 0.5) is 5.69 Å². The number of primary amides is 1. The van der Waals surface area contributed by atoms with E-state index in [0.717, 1.165) is 38.4 Å². The van der Waals surface area contributed by atoms with Crippen molar-refractivity contribution in [3.05, 3.63) is 59.9 Å². The van der Waals surface area contributed by atoms with Crippen molar-refractivity contribution in [3.8, 4) is 0 Å². The molecular formula is C17H20N4O. The van der Waals surface area contributed by atoms with Gasteiger partial charge in [-0.2, -0.15) is 0 Å². The van der Waals surface area contributed by atoms with E-state index in [2.05, 4.69) is 39.0 Å². The molecule has 1 fully saturated rings. The van der Waals surface area contributed by atoms with E-state index in [1.165, 1.54) is 5.56 Å². The van der Waals surface area contributed by atoms with E-state index < -0.39 is 5.91 Å². The van der Waals surface area contributed by atoms with Crippen LogP contribution in [0, 0.1) is 0 Å². The number of nitrogens with two attached hydrogens (primary N) is 1. The van der Waals surface area contributed by atoms with Crippen LogP contribution in [0.1, 0.15) is 16.1 Å². The summed E-state index contributed by atoms with van der Waals surface area (Å²) in [5, 5.41) is 0. The fourth-order valence-electron chi connectivity index (χ4n) is 2.76. The molecular weight excluding hydrogens is 276 g/mol. The fourth-order valence-corrected chi connectivity index (χ4v) is 2.76. The average molecular weight is 296 g/mol. The second-order valence-corrected chi connectivity index (χ2v) is 5.51. The lowest BCUT2D eigenvalue weighted by atomic mass is 10.2.